The molecule has 96 valence electrons. The van der Waals surface area contributed by atoms with Crippen molar-refractivity contribution in [2.75, 3.05) is 21.2 Å². The van der Waals surface area contributed by atoms with Crippen LogP contribution in [0, 0.1) is 0 Å². The number of aromatic nitrogens is 1. The topological polar surface area (TPSA) is 37.4 Å². The van der Waals surface area contributed by atoms with Gasteiger partial charge >= 0.3 is 0 Å². The van der Waals surface area contributed by atoms with Crippen LogP contribution in [0.25, 0.3) is 0 Å². The molecule has 17 heavy (non-hydrogen) atoms. The van der Waals surface area contributed by atoms with Gasteiger partial charge in [-0.15, -0.1) is 11.3 Å². The van der Waals surface area contributed by atoms with Gasteiger partial charge in [-0.25, -0.2) is 4.98 Å². The van der Waals surface area contributed by atoms with Gasteiger partial charge in [0.15, 0.2) is 0 Å². The van der Waals surface area contributed by atoms with E-state index in [9.17, 15) is 0 Å². The van der Waals surface area contributed by atoms with Crippen LogP contribution < -0.4 is 5.32 Å². The Hall–Kier alpha value is -0.490. The summed E-state index contributed by atoms with van der Waals surface area (Å²) in [5, 5.41) is 4.72. The maximum atomic E-state index is 5.21. The number of thiazole rings is 1. The minimum Gasteiger partial charge on any atom is -0.378 e. The third-order valence-corrected chi connectivity index (χ3v) is 3.77. The van der Waals surface area contributed by atoms with E-state index in [1.165, 1.54) is 22.7 Å². The van der Waals surface area contributed by atoms with Crippen molar-refractivity contribution in [1.29, 1.82) is 0 Å². The van der Waals surface area contributed by atoms with Gasteiger partial charge in [0.2, 0.25) is 0 Å². The van der Waals surface area contributed by atoms with Gasteiger partial charge < -0.3 is 15.0 Å². The van der Waals surface area contributed by atoms with Gasteiger partial charge in [0.1, 0.15) is 5.01 Å². The Morgan fingerprint density at radius 2 is 2.24 bits per heavy atom. The van der Waals surface area contributed by atoms with Crippen LogP contribution in [-0.2, 0) is 24.4 Å². The second kappa shape index (κ2) is 5.91. The maximum absolute atomic E-state index is 5.21. The predicted molar refractivity (Wildman–Crippen MR) is 70.1 cm³/mol. The number of methoxy groups -OCH3 is 1. The van der Waals surface area contributed by atoms with E-state index in [1.54, 1.807) is 18.4 Å². The Morgan fingerprint density at radius 3 is 2.82 bits per heavy atom. The predicted octanol–water partition coefficient (Wildman–Crippen LogP) is 1.60. The van der Waals surface area contributed by atoms with Crippen molar-refractivity contribution < 1.29 is 4.74 Å². The number of nitrogens with zero attached hydrogens (tertiary/aromatic N) is 2. The highest BCUT2D eigenvalue weighted by atomic mass is 32.1. The van der Waals surface area contributed by atoms with E-state index in [4.69, 9.17) is 4.74 Å². The smallest absolute Gasteiger partial charge is 0.107 e. The molecule has 1 fully saturated rings. The molecule has 0 atom stereocenters. The van der Waals surface area contributed by atoms with Gasteiger partial charge in [-0.1, -0.05) is 0 Å². The zero-order chi connectivity index (χ0) is 12.3. The van der Waals surface area contributed by atoms with Crippen molar-refractivity contribution in [3.8, 4) is 0 Å². The van der Waals surface area contributed by atoms with Crippen LogP contribution in [0.4, 0.5) is 0 Å². The molecular weight excluding hydrogens is 234 g/mol. The molecule has 0 spiro atoms. The number of rotatable bonds is 7. The SMILES string of the molecule is COCc1nc(CN(C)C)sc1CNC1CC1. The first-order chi connectivity index (χ1) is 8.19. The monoisotopic (exact) mass is 255 g/mol. The van der Waals surface area contributed by atoms with Crippen molar-refractivity contribution in [3.63, 3.8) is 0 Å². The number of hydrogen-bond acceptors (Lipinski definition) is 5. The Morgan fingerprint density at radius 1 is 1.47 bits per heavy atom. The highest BCUT2D eigenvalue weighted by Gasteiger charge is 2.21. The van der Waals surface area contributed by atoms with Crippen molar-refractivity contribution >= 4 is 11.3 Å². The second-order valence-electron chi connectivity index (χ2n) is 4.80. The Kier molecular flexibility index (Phi) is 4.50. The van der Waals surface area contributed by atoms with Crippen LogP contribution in [0.5, 0.6) is 0 Å². The van der Waals surface area contributed by atoms with E-state index in [2.05, 4.69) is 29.3 Å². The molecular formula is C12H21N3OS. The van der Waals surface area contributed by atoms with Crippen molar-refractivity contribution in [3.05, 3.63) is 15.6 Å². The molecule has 2 rings (SSSR count). The molecule has 1 saturated carbocycles. The number of hydrogen-bond donors (Lipinski definition) is 1. The third-order valence-electron chi connectivity index (χ3n) is 2.68. The normalized spacial score (nSPS) is 15.8. The zero-order valence-corrected chi connectivity index (χ0v) is 11.6. The van der Waals surface area contributed by atoms with E-state index in [1.807, 2.05) is 0 Å². The number of ether oxygens (including phenoxy) is 1. The van der Waals surface area contributed by atoms with E-state index in [0.29, 0.717) is 6.61 Å². The summed E-state index contributed by atoms with van der Waals surface area (Å²) in [4.78, 5) is 8.13. The zero-order valence-electron chi connectivity index (χ0n) is 10.8. The highest BCUT2D eigenvalue weighted by molar-refractivity contribution is 7.11. The van der Waals surface area contributed by atoms with E-state index in [0.717, 1.165) is 24.8 Å². The molecule has 1 N–H and O–H groups in total. The third kappa shape index (κ3) is 4.03. The summed E-state index contributed by atoms with van der Waals surface area (Å²) in [6.07, 6.45) is 2.64. The van der Waals surface area contributed by atoms with E-state index in [-0.39, 0.29) is 0 Å². The van der Waals surface area contributed by atoms with Crippen LogP contribution in [0.3, 0.4) is 0 Å². The molecule has 4 nitrogen and oxygen atoms in total. The molecule has 0 bridgehead atoms. The fourth-order valence-electron chi connectivity index (χ4n) is 1.69. The molecule has 0 amide bonds. The lowest BCUT2D eigenvalue weighted by molar-refractivity contribution is 0.181. The Labute approximate surface area is 107 Å². The van der Waals surface area contributed by atoms with Crippen LogP contribution in [0.15, 0.2) is 0 Å². The molecule has 1 aromatic rings. The van der Waals surface area contributed by atoms with Gasteiger partial charge in [0.05, 0.1) is 12.3 Å². The van der Waals surface area contributed by atoms with Gasteiger partial charge in [-0.2, -0.15) is 0 Å². The lowest BCUT2D eigenvalue weighted by Crippen LogP contribution is -2.15. The summed E-state index contributed by atoms with van der Waals surface area (Å²) in [6, 6.07) is 0.741. The lowest BCUT2D eigenvalue weighted by atomic mass is 10.3. The van der Waals surface area contributed by atoms with Crippen LogP contribution in [-0.4, -0.2) is 37.1 Å². The standard InChI is InChI=1S/C12H21N3OS/c1-15(2)7-12-14-10(8-16-3)11(17-12)6-13-9-4-5-9/h9,13H,4-8H2,1-3H3. The molecule has 0 radical (unpaired) electrons. The summed E-state index contributed by atoms with van der Waals surface area (Å²) < 4.78 is 5.21. The van der Waals surface area contributed by atoms with Crippen molar-refractivity contribution in [1.82, 2.24) is 15.2 Å². The Bertz CT molecular complexity index is 361. The van der Waals surface area contributed by atoms with Crippen molar-refractivity contribution in [2.24, 2.45) is 0 Å². The fraction of sp³-hybridized carbons (Fsp3) is 0.750. The van der Waals surface area contributed by atoms with E-state index < -0.39 is 0 Å². The maximum Gasteiger partial charge on any atom is 0.107 e. The van der Waals surface area contributed by atoms with Gasteiger partial charge in [-0.05, 0) is 26.9 Å². The average molecular weight is 255 g/mol. The molecule has 0 unspecified atom stereocenters. The molecule has 0 aromatic carbocycles. The first-order valence-electron chi connectivity index (χ1n) is 6.03. The summed E-state index contributed by atoms with van der Waals surface area (Å²) >= 11 is 1.80. The lowest BCUT2D eigenvalue weighted by Gasteiger charge is -2.04. The largest absolute Gasteiger partial charge is 0.378 e. The molecule has 0 saturated heterocycles. The fourth-order valence-corrected chi connectivity index (χ4v) is 2.83. The van der Waals surface area contributed by atoms with Gasteiger partial charge in [-0.3, -0.25) is 0 Å². The summed E-state index contributed by atoms with van der Waals surface area (Å²) in [7, 11) is 5.86. The first-order valence-corrected chi connectivity index (χ1v) is 6.85. The summed E-state index contributed by atoms with van der Waals surface area (Å²) in [5.41, 5.74) is 1.10. The van der Waals surface area contributed by atoms with Crippen LogP contribution in [0.2, 0.25) is 0 Å². The second-order valence-corrected chi connectivity index (χ2v) is 5.97. The van der Waals surface area contributed by atoms with Crippen LogP contribution >= 0.6 is 11.3 Å². The first kappa shape index (κ1) is 13.0. The Balaban J connectivity index is 2.00. The van der Waals surface area contributed by atoms with Gasteiger partial charge in [0, 0.05) is 31.1 Å². The highest BCUT2D eigenvalue weighted by Crippen LogP contribution is 2.23. The molecule has 1 aliphatic rings. The average Bonchev–Trinajstić information content (AvgIpc) is 3.00. The van der Waals surface area contributed by atoms with Gasteiger partial charge in [0.25, 0.3) is 0 Å². The molecule has 1 aromatic heterocycles. The molecule has 1 heterocycles. The minimum atomic E-state index is 0.617. The number of nitrogens with one attached hydrogen (secondary N) is 1. The molecule has 1 aliphatic carbocycles. The van der Waals surface area contributed by atoms with Crippen molar-refractivity contribution in [2.45, 2.75) is 38.6 Å². The minimum absolute atomic E-state index is 0.617. The van der Waals surface area contributed by atoms with Crippen LogP contribution in [0.1, 0.15) is 28.4 Å². The summed E-state index contributed by atoms with van der Waals surface area (Å²) in [5.74, 6) is 0. The quantitative estimate of drug-likeness (QED) is 0.803. The summed E-state index contributed by atoms with van der Waals surface area (Å²) in [6.45, 7) is 2.46. The molecule has 5 heteroatoms. The molecule has 0 aliphatic heterocycles. The van der Waals surface area contributed by atoms with E-state index >= 15 is 0 Å².